The number of benzene rings is 2. The molecular weight excluding hydrogens is 333 g/mol. The first kappa shape index (κ1) is 17.4. The van der Waals surface area contributed by atoms with E-state index in [-0.39, 0.29) is 5.91 Å². The first-order chi connectivity index (χ1) is 12.5. The van der Waals surface area contributed by atoms with Crippen molar-refractivity contribution >= 4 is 17.8 Å². The molecule has 2 aromatic carbocycles. The largest absolute Gasteiger partial charge is 0.505 e. The molecule has 0 fully saturated rings. The molecule has 3 rings (SSSR count). The summed E-state index contributed by atoms with van der Waals surface area (Å²) in [5, 5.41) is 12.0. The first-order valence-electron chi connectivity index (χ1n) is 8.04. The fourth-order valence-electron chi connectivity index (χ4n) is 2.51. The van der Waals surface area contributed by atoms with Gasteiger partial charge in [0.05, 0.1) is 6.33 Å². The summed E-state index contributed by atoms with van der Waals surface area (Å²) in [6.45, 7) is 2.70. The number of aromatic nitrogens is 2. The number of imidazole rings is 1. The number of nitrogens with one attached hydrogen (secondary N) is 1. The average molecular weight is 351 g/mol. The van der Waals surface area contributed by atoms with E-state index in [2.05, 4.69) is 16.4 Å². The number of nitrogens with zero attached hydrogens (tertiary/aromatic N) is 2. The Balaban J connectivity index is 1.60. The molecule has 132 valence electrons. The van der Waals surface area contributed by atoms with Crippen molar-refractivity contribution < 1.29 is 14.3 Å². The molecule has 0 aliphatic heterocycles. The average Bonchev–Trinajstić information content (AvgIpc) is 3.03. The highest BCUT2D eigenvalue weighted by molar-refractivity contribution is 6.01. The normalized spacial score (nSPS) is 11.0. The van der Waals surface area contributed by atoms with Crippen LogP contribution < -0.4 is 5.32 Å². The fraction of sp³-hybridized carbons (Fsp3) is 0.100. The van der Waals surface area contributed by atoms with Crippen LogP contribution in [-0.2, 0) is 11.3 Å². The second-order valence-corrected chi connectivity index (χ2v) is 5.95. The van der Waals surface area contributed by atoms with Gasteiger partial charge in [-0.3, -0.25) is 4.79 Å². The summed E-state index contributed by atoms with van der Waals surface area (Å²) in [6, 6.07) is 12.0. The van der Waals surface area contributed by atoms with E-state index in [1.807, 2.05) is 29.7 Å². The van der Waals surface area contributed by atoms with E-state index in [9.17, 15) is 14.3 Å². The van der Waals surface area contributed by atoms with E-state index in [0.29, 0.717) is 17.9 Å². The Labute approximate surface area is 150 Å². The molecule has 0 atom stereocenters. The number of carbonyl (C=O) groups excluding carboxylic acids is 1. The Morgan fingerprint density at radius 1 is 1.31 bits per heavy atom. The van der Waals surface area contributed by atoms with Gasteiger partial charge in [-0.15, -0.1) is 0 Å². The van der Waals surface area contributed by atoms with E-state index >= 15 is 0 Å². The molecule has 6 heteroatoms. The van der Waals surface area contributed by atoms with Crippen LogP contribution in [0.1, 0.15) is 16.7 Å². The maximum absolute atomic E-state index is 13.0. The van der Waals surface area contributed by atoms with Crippen molar-refractivity contribution in [2.75, 3.05) is 5.32 Å². The molecule has 0 spiro atoms. The first-order valence-corrected chi connectivity index (χ1v) is 8.04. The molecule has 5 nitrogen and oxygen atoms in total. The predicted molar refractivity (Wildman–Crippen MR) is 98.2 cm³/mol. The number of anilines is 1. The third-order valence-corrected chi connectivity index (χ3v) is 3.73. The lowest BCUT2D eigenvalue weighted by Crippen LogP contribution is -2.08. The number of halogens is 1. The van der Waals surface area contributed by atoms with Crippen molar-refractivity contribution in [3.8, 4) is 5.75 Å². The smallest absolute Gasteiger partial charge is 0.249 e. The number of hydrogen-bond donors (Lipinski definition) is 2. The van der Waals surface area contributed by atoms with Crippen LogP contribution in [0, 0.1) is 12.7 Å². The van der Waals surface area contributed by atoms with Crippen LogP contribution in [0.15, 0.2) is 61.1 Å². The maximum atomic E-state index is 13.0. The van der Waals surface area contributed by atoms with Crippen molar-refractivity contribution in [2.24, 2.45) is 0 Å². The lowest BCUT2D eigenvalue weighted by atomic mass is 10.1. The second-order valence-electron chi connectivity index (χ2n) is 5.95. The molecule has 0 aliphatic rings. The highest BCUT2D eigenvalue weighted by atomic mass is 19.1. The van der Waals surface area contributed by atoms with Gasteiger partial charge in [0.15, 0.2) is 17.4 Å². The molecule has 3 aromatic rings. The molecule has 0 unspecified atom stereocenters. The topological polar surface area (TPSA) is 67.2 Å². The molecule has 2 N–H and O–H groups in total. The summed E-state index contributed by atoms with van der Waals surface area (Å²) in [5.41, 5.74) is 2.86. The summed E-state index contributed by atoms with van der Waals surface area (Å²) in [5.74, 6) is -1.09. The molecule has 0 saturated carbocycles. The summed E-state index contributed by atoms with van der Waals surface area (Å²) >= 11 is 0. The van der Waals surface area contributed by atoms with Crippen molar-refractivity contribution in [2.45, 2.75) is 13.5 Å². The molecular formula is C20H18FN3O2. The highest BCUT2D eigenvalue weighted by Gasteiger charge is 2.04. The lowest BCUT2D eigenvalue weighted by molar-refractivity contribution is -0.111. The Morgan fingerprint density at radius 3 is 2.92 bits per heavy atom. The van der Waals surface area contributed by atoms with E-state index in [1.54, 1.807) is 12.5 Å². The van der Waals surface area contributed by atoms with Gasteiger partial charge in [0.2, 0.25) is 5.91 Å². The third-order valence-electron chi connectivity index (χ3n) is 3.73. The Kier molecular flexibility index (Phi) is 5.12. The molecule has 26 heavy (non-hydrogen) atoms. The second kappa shape index (κ2) is 7.65. The number of phenolic OH excluding ortho intramolecular Hbond substituents is 1. The number of hydrogen-bond acceptors (Lipinski definition) is 3. The Morgan fingerprint density at radius 2 is 2.15 bits per heavy atom. The molecule has 1 amide bonds. The number of aryl methyl sites for hydroxylation is 1. The van der Waals surface area contributed by atoms with Gasteiger partial charge in [-0.1, -0.05) is 35.9 Å². The molecule has 0 radical (unpaired) electrons. The summed E-state index contributed by atoms with van der Waals surface area (Å²) in [6.07, 6.45) is 6.18. The van der Waals surface area contributed by atoms with Gasteiger partial charge in [-0.2, -0.15) is 0 Å². The van der Waals surface area contributed by atoms with E-state index in [4.69, 9.17) is 0 Å². The van der Waals surface area contributed by atoms with Crippen LogP contribution in [-0.4, -0.2) is 20.6 Å². The van der Waals surface area contributed by atoms with Crippen LogP contribution in [0.25, 0.3) is 6.08 Å². The van der Waals surface area contributed by atoms with Crippen molar-refractivity contribution in [3.63, 3.8) is 0 Å². The lowest BCUT2D eigenvalue weighted by Gasteiger charge is -2.03. The Bertz CT molecular complexity index is 963. The summed E-state index contributed by atoms with van der Waals surface area (Å²) in [7, 11) is 0. The summed E-state index contributed by atoms with van der Waals surface area (Å²) in [4.78, 5) is 16.1. The van der Waals surface area contributed by atoms with Gasteiger partial charge in [0.25, 0.3) is 0 Å². The van der Waals surface area contributed by atoms with Crippen LogP contribution in [0.2, 0.25) is 0 Å². The van der Waals surface area contributed by atoms with Gasteiger partial charge in [0, 0.05) is 18.8 Å². The zero-order chi connectivity index (χ0) is 18.5. The van der Waals surface area contributed by atoms with Crippen molar-refractivity contribution in [1.82, 2.24) is 9.55 Å². The van der Waals surface area contributed by atoms with E-state index in [0.717, 1.165) is 11.6 Å². The minimum Gasteiger partial charge on any atom is -0.505 e. The molecule has 0 aliphatic carbocycles. The number of rotatable bonds is 5. The van der Waals surface area contributed by atoms with Crippen molar-refractivity contribution in [1.29, 1.82) is 0 Å². The third kappa shape index (κ3) is 4.57. The number of carbonyl (C=O) groups is 1. The minimum absolute atomic E-state index is 0.366. The molecule has 1 aromatic heterocycles. The van der Waals surface area contributed by atoms with Gasteiger partial charge in [-0.25, -0.2) is 9.37 Å². The predicted octanol–water partition coefficient (Wildman–Crippen LogP) is 3.74. The van der Waals surface area contributed by atoms with Gasteiger partial charge >= 0.3 is 0 Å². The van der Waals surface area contributed by atoms with Gasteiger partial charge in [0.1, 0.15) is 0 Å². The van der Waals surface area contributed by atoms with Crippen LogP contribution in [0.4, 0.5) is 10.2 Å². The standard InChI is InChI=1S/C20H18FN3O2/c1-14-3-2-4-16(9-14)11-24-12-19(22-13-24)23-20(26)8-6-15-5-7-17(21)18(25)10-15/h2-10,12-13,25H,11H2,1H3,(H,23,26)/b8-6+. The van der Waals surface area contributed by atoms with E-state index in [1.165, 1.54) is 29.8 Å². The monoisotopic (exact) mass is 351 g/mol. The fourth-order valence-corrected chi connectivity index (χ4v) is 2.51. The van der Waals surface area contributed by atoms with Crippen LogP contribution >= 0.6 is 0 Å². The SMILES string of the molecule is Cc1cccc(Cn2cnc(NC(=O)/C=C/c3ccc(F)c(O)c3)c2)c1. The highest BCUT2D eigenvalue weighted by Crippen LogP contribution is 2.17. The molecule has 1 heterocycles. The number of aromatic hydroxyl groups is 1. The molecule has 0 bridgehead atoms. The van der Waals surface area contributed by atoms with Gasteiger partial charge in [-0.05, 0) is 36.3 Å². The minimum atomic E-state index is -0.703. The number of phenols is 1. The summed E-state index contributed by atoms with van der Waals surface area (Å²) < 4.78 is 14.9. The van der Waals surface area contributed by atoms with Crippen molar-refractivity contribution in [3.05, 3.63) is 83.6 Å². The quantitative estimate of drug-likeness (QED) is 0.688. The van der Waals surface area contributed by atoms with E-state index < -0.39 is 11.6 Å². The number of amides is 1. The molecule has 0 saturated heterocycles. The van der Waals surface area contributed by atoms with Gasteiger partial charge < -0.3 is 15.0 Å². The Hall–Kier alpha value is -3.41. The maximum Gasteiger partial charge on any atom is 0.249 e. The zero-order valence-electron chi connectivity index (χ0n) is 14.2. The van der Waals surface area contributed by atoms with Crippen LogP contribution in [0.5, 0.6) is 5.75 Å². The van der Waals surface area contributed by atoms with Crippen LogP contribution in [0.3, 0.4) is 0 Å². The zero-order valence-corrected chi connectivity index (χ0v) is 14.2.